The molecule has 0 bridgehead atoms. The molecular formula is C23H30N2O4S. The number of carbonyl (C=O) groups is 1. The number of carbonyl (C=O) groups excluding carboxylic acids is 1. The highest BCUT2D eigenvalue weighted by Gasteiger charge is 2.24. The Kier molecular flexibility index (Phi) is 7.87. The van der Waals surface area contributed by atoms with Gasteiger partial charge < -0.3 is 10.1 Å². The highest BCUT2D eigenvalue weighted by atomic mass is 32.2. The van der Waals surface area contributed by atoms with E-state index in [0.717, 1.165) is 36.8 Å². The maximum Gasteiger partial charge on any atom is 0.257 e. The minimum atomic E-state index is -3.43. The first-order chi connectivity index (χ1) is 14.4. The van der Waals surface area contributed by atoms with Gasteiger partial charge in [-0.3, -0.25) is 4.79 Å². The van der Waals surface area contributed by atoms with Gasteiger partial charge in [0, 0.05) is 19.6 Å². The van der Waals surface area contributed by atoms with Crippen molar-refractivity contribution in [3.05, 3.63) is 59.7 Å². The molecule has 0 saturated carbocycles. The second-order valence-corrected chi connectivity index (χ2v) is 9.61. The molecule has 162 valence electrons. The predicted octanol–water partition coefficient (Wildman–Crippen LogP) is 3.30. The molecule has 2 aromatic rings. The third-order valence-corrected chi connectivity index (χ3v) is 7.13. The number of aryl methyl sites for hydroxylation is 1. The number of benzene rings is 2. The Balaban J connectivity index is 1.45. The number of nitrogens with zero attached hydrogens (tertiary/aromatic N) is 1. The van der Waals surface area contributed by atoms with Crippen LogP contribution in [-0.2, 0) is 21.2 Å². The van der Waals surface area contributed by atoms with Crippen LogP contribution < -0.4 is 10.1 Å². The number of hydrogen-bond acceptors (Lipinski definition) is 4. The molecule has 0 unspecified atom stereocenters. The predicted molar refractivity (Wildman–Crippen MR) is 117 cm³/mol. The molecule has 1 N–H and O–H groups in total. The van der Waals surface area contributed by atoms with E-state index in [-0.39, 0.29) is 12.5 Å². The van der Waals surface area contributed by atoms with Crippen molar-refractivity contribution in [2.24, 2.45) is 0 Å². The molecule has 0 aliphatic carbocycles. The largest absolute Gasteiger partial charge is 0.484 e. The van der Waals surface area contributed by atoms with E-state index < -0.39 is 10.0 Å². The maximum atomic E-state index is 12.8. The summed E-state index contributed by atoms with van der Waals surface area (Å²) in [4.78, 5) is 12.3. The third-order valence-electron chi connectivity index (χ3n) is 5.22. The van der Waals surface area contributed by atoms with E-state index in [1.54, 1.807) is 16.4 Å². The molecule has 1 fully saturated rings. The fourth-order valence-corrected chi connectivity index (χ4v) is 5.03. The molecule has 6 nitrogen and oxygen atoms in total. The van der Waals surface area contributed by atoms with Gasteiger partial charge in [0.2, 0.25) is 10.0 Å². The summed E-state index contributed by atoms with van der Waals surface area (Å²) >= 11 is 0. The zero-order chi connectivity index (χ0) is 21.4. The minimum Gasteiger partial charge on any atom is -0.484 e. The fraction of sp³-hybridized carbons (Fsp3) is 0.435. The molecule has 2 aromatic carbocycles. The van der Waals surface area contributed by atoms with Gasteiger partial charge in [-0.15, -0.1) is 0 Å². The molecule has 0 aromatic heterocycles. The Morgan fingerprint density at radius 1 is 1.03 bits per heavy atom. The summed E-state index contributed by atoms with van der Waals surface area (Å²) in [6, 6.07) is 14.5. The standard InChI is InChI=1S/C23H30N2O4S/c1-19-7-6-8-21(17-19)29-18-23(26)24-14-13-20-9-11-22(12-10-20)30(27,28)25-15-4-2-3-5-16-25/h6-12,17H,2-5,13-16,18H2,1H3,(H,24,26). The third kappa shape index (κ3) is 6.31. The van der Waals surface area contributed by atoms with Gasteiger partial charge >= 0.3 is 0 Å². The van der Waals surface area contributed by atoms with Crippen molar-refractivity contribution in [2.45, 2.75) is 43.9 Å². The van der Waals surface area contributed by atoms with Gasteiger partial charge in [0.1, 0.15) is 5.75 Å². The highest BCUT2D eigenvalue weighted by Crippen LogP contribution is 2.20. The van der Waals surface area contributed by atoms with Crippen molar-refractivity contribution < 1.29 is 17.9 Å². The lowest BCUT2D eigenvalue weighted by Gasteiger charge is -2.20. The number of amides is 1. The van der Waals surface area contributed by atoms with Crippen molar-refractivity contribution in [3.63, 3.8) is 0 Å². The van der Waals surface area contributed by atoms with Crippen LogP contribution in [0.15, 0.2) is 53.4 Å². The van der Waals surface area contributed by atoms with Crippen LogP contribution >= 0.6 is 0 Å². The van der Waals surface area contributed by atoms with Crippen molar-refractivity contribution >= 4 is 15.9 Å². The molecule has 0 spiro atoms. The zero-order valence-corrected chi connectivity index (χ0v) is 18.3. The zero-order valence-electron chi connectivity index (χ0n) is 17.5. The number of hydrogen-bond donors (Lipinski definition) is 1. The quantitative estimate of drug-likeness (QED) is 0.697. The molecule has 30 heavy (non-hydrogen) atoms. The van der Waals surface area contributed by atoms with Crippen molar-refractivity contribution in [2.75, 3.05) is 26.2 Å². The maximum absolute atomic E-state index is 12.8. The topological polar surface area (TPSA) is 75.7 Å². The molecule has 1 saturated heterocycles. The van der Waals surface area contributed by atoms with Gasteiger partial charge in [0.05, 0.1) is 4.90 Å². The summed E-state index contributed by atoms with van der Waals surface area (Å²) < 4.78 is 32.7. The Morgan fingerprint density at radius 3 is 2.40 bits per heavy atom. The normalized spacial score (nSPS) is 15.4. The average molecular weight is 431 g/mol. The van der Waals surface area contributed by atoms with Crippen LogP contribution in [0.5, 0.6) is 5.75 Å². The van der Waals surface area contributed by atoms with Crippen LogP contribution in [0.25, 0.3) is 0 Å². The number of rotatable bonds is 8. The molecule has 1 amide bonds. The molecule has 1 aliphatic rings. The van der Waals surface area contributed by atoms with E-state index in [9.17, 15) is 13.2 Å². The van der Waals surface area contributed by atoms with Crippen LogP contribution in [0.4, 0.5) is 0 Å². The first kappa shape index (κ1) is 22.3. The van der Waals surface area contributed by atoms with Gasteiger partial charge in [-0.05, 0) is 61.6 Å². The Bertz CT molecular complexity index is 934. The lowest BCUT2D eigenvalue weighted by Crippen LogP contribution is -2.32. The molecule has 3 rings (SSSR count). The van der Waals surface area contributed by atoms with Crippen molar-refractivity contribution in [1.29, 1.82) is 0 Å². The minimum absolute atomic E-state index is 0.0313. The van der Waals surface area contributed by atoms with Crippen LogP contribution in [0.3, 0.4) is 0 Å². The molecule has 1 aliphatic heterocycles. The lowest BCUT2D eigenvalue weighted by atomic mass is 10.1. The van der Waals surface area contributed by atoms with Gasteiger partial charge in [0.15, 0.2) is 6.61 Å². The number of nitrogens with one attached hydrogen (secondary N) is 1. The van der Waals surface area contributed by atoms with Crippen LogP contribution in [0.2, 0.25) is 0 Å². The van der Waals surface area contributed by atoms with E-state index >= 15 is 0 Å². The summed E-state index contributed by atoms with van der Waals surface area (Å²) in [5, 5.41) is 2.83. The summed E-state index contributed by atoms with van der Waals surface area (Å²) in [5.41, 5.74) is 2.05. The first-order valence-electron chi connectivity index (χ1n) is 10.5. The molecule has 0 radical (unpaired) electrons. The summed E-state index contributed by atoms with van der Waals surface area (Å²) in [6.07, 6.45) is 4.65. The van der Waals surface area contributed by atoms with Crippen molar-refractivity contribution in [3.8, 4) is 5.75 Å². The molecule has 7 heteroatoms. The lowest BCUT2D eigenvalue weighted by molar-refractivity contribution is -0.123. The molecule has 0 atom stereocenters. The van der Waals surface area contributed by atoms with Crippen LogP contribution in [0, 0.1) is 6.92 Å². The smallest absolute Gasteiger partial charge is 0.257 e. The number of ether oxygens (including phenoxy) is 1. The Labute approximate surface area is 179 Å². The SMILES string of the molecule is Cc1cccc(OCC(=O)NCCc2ccc(S(=O)(=O)N3CCCCCC3)cc2)c1. The summed E-state index contributed by atoms with van der Waals surface area (Å²) in [5.74, 6) is 0.489. The van der Waals surface area contributed by atoms with E-state index in [1.165, 1.54) is 0 Å². The summed E-state index contributed by atoms with van der Waals surface area (Å²) in [7, 11) is -3.43. The highest BCUT2D eigenvalue weighted by molar-refractivity contribution is 7.89. The van der Waals surface area contributed by atoms with Gasteiger partial charge in [-0.1, -0.05) is 37.1 Å². The van der Waals surface area contributed by atoms with Crippen LogP contribution in [0.1, 0.15) is 36.8 Å². The van der Waals surface area contributed by atoms with E-state index in [2.05, 4.69) is 5.32 Å². The van der Waals surface area contributed by atoms with Gasteiger partial charge in [-0.2, -0.15) is 4.31 Å². The molecular weight excluding hydrogens is 400 g/mol. The Hall–Kier alpha value is -2.38. The first-order valence-corrected chi connectivity index (χ1v) is 11.9. The molecule has 1 heterocycles. The Morgan fingerprint density at radius 2 is 1.73 bits per heavy atom. The second-order valence-electron chi connectivity index (χ2n) is 7.67. The average Bonchev–Trinajstić information content (AvgIpc) is 3.03. The monoisotopic (exact) mass is 430 g/mol. The van der Waals surface area contributed by atoms with Crippen LogP contribution in [-0.4, -0.2) is 44.9 Å². The van der Waals surface area contributed by atoms with E-state index in [4.69, 9.17) is 4.74 Å². The number of sulfonamides is 1. The van der Waals surface area contributed by atoms with Gasteiger partial charge in [0.25, 0.3) is 5.91 Å². The fourth-order valence-electron chi connectivity index (χ4n) is 3.51. The second kappa shape index (κ2) is 10.6. The van der Waals surface area contributed by atoms with Gasteiger partial charge in [-0.25, -0.2) is 8.42 Å². The van der Waals surface area contributed by atoms with E-state index in [0.29, 0.717) is 36.7 Å². The summed E-state index contributed by atoms with van der Waals surface area (Å²) in [6.45, 7) is 3.60. The van der Waals surface area contributed by atoms with E-state index in [1.807, 2.05) is 43.3 Å². The van der Waals surface area contributed by atoms with Crippen molar-refractivity contribution in [1.82, 2.24) is 9.62 Å².